The first kappa shape index (κ1) is 21.1. The summed E-state index contributed by atoms with van der Waals surface area (Å²) in [5.74, 6) is 2.44. The van der Waals surface area contributed by atoms with Gasteiger partial charge in [0, 0.05) is 30.1 Å². The number of hydrogen-bond acceptors (Lipinski definition) is 4. The molecule has 2 aromatic carbocycles. The average molecular weight is 415 g/mol. The second-order valence-corrected chi connectivity index (χ2v) is 6.65. The summed E-state index contributed by atoms with van der Waals surface area (Å²) in [6.45, 7) is 5.89. The summed E-state index contributed by atoms with van der Waals surface area (Å²) in [4.78, 5) is 0. The molecule has 0 spiro atoms. The molecule has 1 atom stereocenters. The molecule has 4 rings (SSSR count). The molecule has 0 amide bonds. The van der Waals surface area contributed by atoms with Gasteiger partial charge >= 0.3 is 0 Å². The Labute approximate surface area is 178 Å². The van der Waals surface area contributed by atoms with Crippen LogP contribution >= 0.6 is 12.4 Å². The van der Waals surface area contributed by atoms with Crippen LogP contribution in [0.25, 0.3) is 5.69 Å². The van der Waals surface area contributed by atoms with Crippen molar-refractivity contribution in [2.45, 2.75) is 26.4 Å². The highest BCUT2D eigenvalue weighted by molar-refractivity contribution is 5.85. The zero-order valence-corrected chi connectivity index (χ0v) is 17.8. The second-order valence-electron chi connectivity index (χ2n) is 6.65. The maximum atomic E-state index is 5.86. The van der Waals surface area contributed by atoms with Gasteiger partial charge in [-0.3, -0.25) is 0 Å². The Kier molecular flexibility index (Phi) is 6.72. The van der Waals surface area contributed by atoms with Crippen molar-refractivity contribution in [3.8, 4) is 22.9 Å². The van der Waals surface area contributed by atoms with Crippen molar-refractivity contribution in [2.24, 2.45) is 0 Å². The Morgan fingerprint density at radius 2 is 1.69 bits per heavy atom. The average Bonchev–Trinajstić information content (AvgIpc) is 3.14. The maximum Gasteiger partial charge on any atom is 0.163 e. The van der Waals surface area contributed by atoms with Gasteiger partial charge in [0.2, 0.25) is 0 Å². The molecule has 0 fully saturated rings. The lowest BCUT2D eigenvalue weighted by molar-refractivity contribution is 0.287. The van der Waals surface area contributed by atoms with Crippen LogP contribution in [-0.4, -0.2) is 24.9 Å². The van der Waals surface area contributed by atoms with Crippen molar-refractivity contribution < 1.29 is 14.2 Å². The number of benzene rings is 2. The number of rotatable bonds is 6. The van der Waals surface area contributed by atoms with Crippen LogP contribution in [0, 0.1) is 0 Å². The van der Waals surface area contributed by atoms with E-state index in [0.717, 1.165) is 34.2 Å². The first-order valence-corrected chi connectivity index (χ1v) is 9.73. The fraction of sp³-hybridized carbons (Fsp3) is 0.304. The lowest BCUT2D eigenvalue weighted by Crippen LogP contribution is -2.21. The van der Waals surface area contributed by atoms with Gasteiger partial charge < -0.3 is 24.1 Å². The number of para-hydroxylation sites is 1. The molecule has 29 heavy (non-hydrogen) atoms. The highest BCUT2D eigenvalue weighted by Crippen LogP contribution is 2.38. The van der Waals surface area contributed by atoms with Gasteiger partial charge in [-0.1, -0.05) is 18.2 Å². The fourth-order valence-electron chi connectivity index (χ4n) is 3.83. The van der Waals surface area contributed by atoms with Gasteiger partial charge in [0.25, 0.3) is 0 Å². The lowest BCUT2D eigenvalue weighted by atomic mass is 10.0. The van der Waals surface area contributed by atoms with E-state index in [2.05, 4.69) is 46.4 Å². The fourth-order valence-corrected chi connectivity index (χ4v) is 3.83. The SMILES string of the molecule is CCOc1cc2c(cc1OCC)-n1cccc1C(c1ccccc1OC)NC2.Cl. The maximum absolute atomic E-state index is 5.86. The lowest BCUT2D eigenvalue weighted by Gasteiger charge is -2.20. The zero-order valence-electron chi connectivity index (χ0n) is 17.0. The molecule has 6 heteroatoms. The summed E-state index contributed by atoms with van der Waals surface area (Å²) in [6, 6.07) is 16.6. The first-order valence-electron chi connectivity index (χ1n) is 9.73. The van der Waals surface area contributed by atoms with E-state index in [9.17, 15) is 0 Å². The molecule has 0 bridgehead atoms. The molecule has 2 heterocycles. The van der Waals surface area contributed by atoms with Crippen molar-refractivity contribution in [2.75, 3.05) is 20.3 Å². The number of methoxy groups -OCH3 is 1. The molecule has 0 saturated heterocycles. The number of fused-ring (bicyclic) bond motifs is 3. The van der Waals surface area contributed by atoms with Gasteiger partial charge in [0.1, 0.15) is 5.75 Å². The molecular weight excluding hydrogens is 388 g/mol. The number of aromatic nitrogens is 1. The first-order chi connectivity index (χ1) is 13.8. The quantitative estimate of drug-likeness (QED) is 0.623. The molecule has 0 radical (unpaired) electrons. The Hall–Kier alpha value is -2.63. The van der Waals surface area contributed by atoms with E-state index in [0.29, 0.717) is 19.8 Å². The number of hydrogen-bond donors (Lipinski definition) is 1. The van der Waals surface area contributed by atoms with Gasteiger partial charge in [0.15, 0.2) is 11.5 Å². The third kappa shape index (κ3) is 3.93. The smallest absolute Gasteiger partial charge is 0.163 e. The van der Waals surface area contributed by atoms with Crippen LogP contribution in [0.5, 0.6) is 17.2 Å². The summed E-state index contributed by atoms with van der Waals surface area (Å²) in [5, 5.41) is 3.69. The summed E-state index contributed by atoms with van der Waals surface area (Å²) in [7, 11) is 1.71. The molecule has 1 unspecified atom stereocenters. The minimum absolute atomic E-state index is 0. The highest BCUT2D eigenvalue weighted by atomic mass is 35.5. The molecule has 1 aliphatic rings. The molecule has 154 valence electrons. The number of nitrogens with zero attached hydrogens (tertiary/aromatic N) is 1. The topological polar surface area (TPSA) is 44.7 Å². The highest BCUT2D eigenvalue weighted by Gasteiger charge is 2.26. The van der Waals surface area contributed by atoms with Gasteiger partial charge in [-0.05, 0) is 43.7 Å². The van der Waals surface area contributed by atoms with Crippen LogP contribution in [0.4, 0.5) is 0 Å². The normalized spacial score (nSPS) is 14.8. The second kappa shape index (κ2) is 9.25. The van der Waals surface area contributed by atoms with Crippen LogP contribution in [0.2, 0.25) is 0 Å². The molecule has 1 aliphatic heterocycles. The summed E-state index contributed by atoms with van der Waals surface area (Å²) in [6.07, 6.45) is 2.10. The minimum atomic E-state index is 0. The number of nitrogens with one attached hydrogen (secondary N) is 1. The van der Waals surface area contributed by atoms with Gasteiger partial charge in [-0.15, -0.1) is 12.4 Å². The van der Waals surface area contributed by atoms with Crippen molar-refractivity contribution in [1.29, 1.82) is 0 Å². The monoisotopic (exact) mass is 414 g/mol. The molecule has 3 aromatic rings. The van der Waals surface area contributed by atoms with Crippen LogP contribution in [0.15, 0.2) is 54.7 Å². The Bertz CT molecular complexity index is 971. The molecule has 1 N–H and O–H groups in total. The molecule has 5 nitrogen and oxygen atoms in total. The van der Waals surface area contributed by atoms with Crippen LogP contribution < -0.4 is 19.5 Å². The number of ether oxygens (including phenoxy) is 3. The molecule has 1 aromatic heterocycles. The Balaban J connectivity index is 0.00000240. The Morgan fingerprint density at radius 3 is 2.41 bits per heavy atom. The number of halogens is 1. The van der Waals surface area contributed by atoms with Crippen molar-refractivity contribution in [3.63, 3.8) is 0 Å². The van der Waals surface area contributed by atoms with Crippen molar-refractivity contribution in [3.05, 3.63) is 71.5 Å². The van der Waals surface area contributed by atoms with Gasteiger partial charge in [-0.25, -0.2) is 0 Å². The van der Waals surface area contributed by atoms with Crippen molar-refractivity contribution in [1.82, 2.24) is 9.88 Å². The van der Waals surface area contributed by atoms with E-state index >= 15 is 0 Å². The molecular formula is C23H27ClN2O3. The van der Waals surface area contributed by atoms with Gasteiger partial charge in [0.05, 0.1) is 32.1 Å². The van der Waals surface area contributed by atoms with E-state index in [1.807, 2.05) is 32.0 Å². The largest absolute Gasteiger partial charge is 0.496 e. The molecule has 0 aliphatic carbocycles. The van der Waals surface area contributed by atoms with E-state index in [1.54, 1.807) is 7.11 Å². The van der Waals surface area contributed by atoms with Gasteiger partial charge in [-0.2, -0.15) is 0 Å². The predicted octanol–water partition coefficient (Wildman–Crippen LogP) is 4.90. The van der Waals surface area contributed by atoms with E-state index in [-0.39, 0.29) is 18.4 Å². The molecule has 0 saturated carbocycles. The van der Waals surface area contributed by atoms with E-state index in [4.69, 9.17) is 14.2 Å². The standard InChI is InChI=1S/C23H26N2O3.ClH/c1-4-27-21-13-16-15-24-23(17-9-6-7-11-20(17)26-3)18-10-8-12-25(18)19(16)14-22(21)28-5-2;/h6-14,23-24H,4-5,15H2,1-3H3;1H. The summed E-state index contributed by atoms with van der Waals surface area (Å²) in [5.41, 5.74) is 4.56. The predicted molar refractivity (Wildman–Crippen MR) is 117 cm³/mol. The van der Waals surface area contributed by atoms with Crippen LogP contribution in [0.1, 0.15) is 36.7 Å². The van der Waals surface area contributed by atoms with Crippen molar-refractivity contribution >= 4 is 12.4 Å². The third-order valence-electron chi connectivity index (χ3n) is 5.03. The van der Waals surface area contributed by atoms with Crippen LogP contribution in [-0.2, 0) is 6.54 Å². The zero-order chi connectivity index (χ0) is 19.5. The van der Waals surface area contributed by atoms with E-state index < -0.39 is 0 Å². The summed E-state index contributed by atoms with van der Waals surface area (Å²) < 4.78 is 19.5. The summed E-state index contributed by atoms with van der Waals surface area (Å²) >= 11 is 0. The Morgan fingerprint density at radius 1 is 0.966 bits per heavy atom. The van der Waals surface area contributed by atoms with Crippen LogP contribution in [0.3, 0.4) is 0 Å². The minimum Gasteiger partial charge on any atom is -0.496 e. The van der Waals surface area contributed by atoms with E-state index in [1.165, 1.54) is 5.56 Å². The third-order valence-corrected chi connectivity index (χ3v) is 5.03.